The van der Waals surface area contributed by atoms with Crippen LogP contribution < -0.4 is 0 Å². The number of rotatable bonds is 5. The number of methoxy groups -OCH3 is 1. The minimum absolute atomic E-state index is 0.104. The molecule has 0 bridgehead atoms. The van der Waals surface area contributed by atoms with Gasteiger partial charge in [-0.05, 0) is 19.3 Å². The fourth-order valence-corrected chi connectivity index (χ4v) is 1.69. The maximum atomic E-state index is 10.7. The smallest absolute Gasteiger partial charge is 0.309 e. The number of carboxylic acid groups (broad SMARTS) is 1. The van der Waals surface area contributed by atoms with Crippen LogP contribution in [-0.4, -0.2) is 37.5 Å². The predicted molar refractivity (Wildman–Crippen MR) is 46.6 cm³/mol. The fraction of sp³-hybridized carbons (Fsp3) is 0.889. The van der Waals surface area contributed by atoms with Crippen molar-refractivity contribution >= 4 is 5.97 Å². The Morgan fingerprint density at radius 1 is 1.46 bits per heavy atom. The third-order valence-electron chi connectivity index (χ3n) is 2.39. The lowest BCUT2D eigenvalue weighted by Gasteiger charge is -2.16. The molecule has 0 radical (unpaired) electrons. The third-order valence-corrected chi connectivity index (χ3v) is 2.39. The maximum absolute atomic E-state index is 10.7. The first-order valence-corrected chi connectivity index (χ1v) is 4.59. The Morgan fingerprint density at radius 2 is 2.23 bits per heavy atom. The largest absolute Gasteiger partial charge is 0.481 e. The highest BCUT2D eigenvalue weighted by molar-refractivity contribution is 5.71. The summed E-state index contributed by atoms with van der Waals surface area (Å²) >= 11 is 0. The summed E-state index contributed by atoms with van der Waals surface area (Å²) in [6.45, 7) is 1.02. The topological polar surface area (TPSA) is 55.8 Å². The highest BCUT2D eigenvalue weighted by Crippen LogP contribution is 2.28. The van der Waals surface area contributed by atoms with Gasteiger partial charge in [0.05, 0.1) is 25.2 Å². The van der Waals surface area contributed by atoms with Crippen LogP contribution in [0.3, 0.4) is 0 Å². The summed E-state index contributed by atoms with van der Waals surface area (Å²) in [5.41, 5.74) is 0. The van der Waals surface area contributed by atoms with Gasteiger partial charge in [-0.2, -0.15) is 0 Å². The Kier molecular flexibility index (Phi) is 4.18. The average molecular weight is 188 g/mol. The Balaban J connectivity index is 2.27. The zero-order valence-corrected chi connectivity index (χ0v) is 7.86. The monoisotopic (exact) mass is 188 g/mol. The molecule has 0 spiro atoms. The van der Waals surface area contributed by atoms with Crippen molar-refractivity contribution in [3.8, 4) is 0 Å². The van der Waals surface area contributed by atoms with Crippen LogP contribution in [0.4, 0.5) is 0 Å². The van der Waals surface area contributed by atoms with Gasteiger partial charge in [-0.15, -0.1) is 0 Å². The second kappa shape index (κ2) is 5.19. The SMILES string of the molecule is COCCOC1CCCC1C(=O)O. The Bertz CT molecular complexity index is 169. The van der Waals surface area contributed by atoms with Crippen LogP contribution in [0, 0.1) is 5.92 Å². The lowest BCUT2D eigenvalue weighted by Crippen LogP contribution is -2.26. The molecule has 1 aliphatic rings. The minimum atomic E-state index is -0.736. The molecular weight excluding hydrogens is 172 g/mol. The third kappa shape index (κ3) is 2.97. The lowest BCUT2D eigenvalue weighted by atomic mass is 10.1. The molecule has 1 N–H and O–H groups in total. The van der Waals surface area contributed by atoms with E-state index >= 15 is 0 Å². The van der Waals surface area contributed by atoms with E-state index in [0.29, 0.717) is 13.2 Å². The molecule has 1 fully saturated rings. The molecule has 0 aromatic rings. The van der Waals surface area contributed by atoms with E-state index in [1.54, 1.807) is 7.11 Å². The number of hydrogen-bond donors (Lipinski definition) is 1. The molecule has 1 rings (SSSR count). The number of carboxylic acids is 1. The van der Waals surface area contributed by atoms with E-state index in [-0.39, 0.29) is 12.0 Å². The first-order chi connectivity index (χ1) is 6.25. The van der Waals surface area contributed by atoms with Gasteiger partial charge in [-0.25, -0.2) is 0 Å². The van der Waals surface area contributed by atoms with Crippen molar-refractivity contribution in [1.82, 2.24) is 0 Å². The molecule has 0 aromatic heterocycles. The molecule has 13 heavy (non-hydrogen) atoms. The van der Waals surface area contributed by atoms with Gasteiger partial charge in [0.25, 0.3) is 0 Å². The summed E-state index contributed by atoms with van der Waals surface area (Å²) in [7, 11) is 1.60. The second-order valence-corrected chi connectivity index (χ2v) is 3.28. The van der Waals surface area contributed by atoms with Crippen LogP contribution in [0.1, 0.15) is 19.3 Å². The van der Waals surface area contributed by atoms with Crippen LogP contribution in [-0.2, 0) is 14.3 Å². The van der Waals surface area contributed by atoms with E-state index in [4.69, 9.17) is 14.6 Å². The molecule has 4 nitrogen and oxygen atoms in total. The van der Waals surface area contributed by atoms with Crippen LogP contribution in [0.15, 0.2) is 0 Å². The van der Waals surface area contributed by atoms with Crippen molar-refractivity contribution in [2.45, 2.75) is 25.4 Å². The van der Waals surface area contributed by atoms with Gasteiger partial charge in [0.1, 0.15) is 0 Å². The second-order valence-electron chi connectivity index (χ2n) is 3.28. The lowest BCUT2D eigenvalue weighted by molar-refractivity contribution is -0.146. The number of ether oxygens (including phenoxy) is 2. The van der Waals surface area contributed by atoms with Crippen LogP contribution in [0.25, 0.3) is 0 Å². The minimum Gasteiger partial charge on any atom is -0.481 e. The van der Waals surface area contributed by atoms with E-state index in [1.165, 1.54) is 0 Å². The Hall–Kier alpha value is -0.610. The van der Waals surface area contributed by atoms with Crippen molar-refractivity contribution < 1.29 is 19.4 Å². The molecule has 0 heterocycles. The van der Waals surface area contributed by atoms with Gasteiger partial charge in [-0.1, -0.05) is 0 Å². The van der Waals surface area contributed by atoms with Gasteiger partial charge < -0.3 is 14.6 Å². The first kappa shape index (κ1) is 10.5. The molecule has 2 atom stereocenters. The molecule has 76 valence electrons. The van der Waals surface area contributed by atoms with Crippen molar-refractivity contribution in [3.05, 3.63) is 0 Å². The van der Waals surface area contributed by atoms with Crippen LogP contribution in [0.2, 0.25) is 0 Å². The average Bonchev–Trinajstić information content (AvgIpc) is 2.53. The van der Waals surface area contributed by atoms with Crippen LogP contribution >= 0.6 is 0 Å². The molecule has 4 heteroatoms. The van der Waals surface area contributed by atoms with E-state index in [0.717, 1.165) is 19.3 Å². The Morgan fingerprint density at radius 3 is 2.85 bits per heavy atom. The molecular formula is C9H16O4. The molecule has 2 unspecified atom stereocenters. The highest BCUT2D eigenvalue weighted by Gasteiger charge is 2.33. The van der Waals surface area contributed by atoms with E-state index in [2.05, 4.69) is 0 Å². The van der Waals surface area contributed by atoms with Crippen LogP contribution in [0.5, 0.6) is 0 Å². The van der Waals surface area contributed by atoms with Gasteiger partial charge in [-0.3, -0.25) is 4.79 Å². The predicted octanol–water partition coefficient (Wildman–Crippen LogP) is 0.903. The summed E-state index contributed by atoms with van der Waals surface area (Å²) < 4.78 is 10.2. The van der Waals surface area contributed by atoms with Gasteiger partial charge in [0, 0.05) is 7.11 Å². The number of carbonyl (C=O) groups is 1. The van der Waals surface area contributed by atoms with Gasteiger partial charge in [0.15, 0.2) is 0 Å². The molecule has 0 aliphatic heterocycles. The first-order valence-electron chi connectivity index (χ1n) is 4.59. The molecule has 1 aliphatic carbocycles. The summed E-state index contributed by atoms with van der Waals surface area (Å²) in [6.07, 6.45) is 2.45. The summed E-state index contributed by atoms with van der Waals surface area (Å²) in [6, 6.07) is 0. The van der Waals surface area contributed by atoms with Crippen molar-refractivity contribution in [2.24, 2.45) is 5.92 Å². The highest BCUT2D eigenvalue weighted by atomic mass is 16.5. The van der Waals surface area contributed by atoms with Crippen molar-refractivity contribution in [1.29, 1.82) is 0 Å². The summed E-state index contributed by atoms with van der Waals surface area (Å²) in [5, 5.41) is 8.83. The zero-order chi connectivity index (χ0) is 9.68. The normalized spacial score (nSPS) is 27.8. The quantitative estimate of drug-likeness (QED) is 0.651. The zero-order valence-electron chi connectivity index (χ0n) is 7.86. The molecule has 1 saturated carbocycles. The maximum Gasteiger partial charge on any atom is 0.309 e. The molecule has 0 amide bonds. The fourth-order valence-electron chi connectivity index (χ4n) is 1.69. The van der Waals surface area contributed by atoms with Crippen molar-refractivity contribution in [3.63, 3.8) is 0 Å². The Labute approximate surface area is 77.8 Å². The van der Waals surface area contributed by atoms with Gasteiger partial charge >= 0.3 is 5.97 Å². The molecule has 0 aromatic carbocycles. The van der Waals surface area contributed by atoms with E-state index < -0.39 is 5.97 Å². The van der Waals surface area contributed by atoms with E-state index in [1.807, 2.05) is 0 Å². The number of hydrogen-bond acceptors (Lipinski definition) is 3. The standard InChI is InChI=1S/C9H16O4/c1-12-5-6-13-8-4-2-3-7(8)9(10)11/h7-8H,2-6H2,1H3,(H,10,11). The summed E-state index contributed by atoms with van der Waals surface area (Å²) in [5.74, 6) is -1.04. The summed E-state index contributed by atoms with van der Waals surface area (Å²) in [4.78, 5) is 10.7. The van der Waals surface area contributed by atoms with Crippen molar-refractivity contribution in [2.75, 3.05) is 20.3 Å². The van der Waals surface area contributed by atoms with Gasteiger partial charge in [0.2, 0.25) is 0 Å². The number of aliphatic carboxylic acids is 1. The molecule has 0 saturated heterocycles. The van der Waals surface area contributed by atoms with E-state index in [9.17, 15) is 4.79 Å².